The van der Waals surface area contributed by atoms with Gasteiger partial charge in [-0.2, -0.15) is 0 Å². The third-order valence-corrected chi connectivity index (χ3v) is 4.39. The number of carbonyl (C=O) groups is 1. The molecule has 2 nitrogen and oxygen atoms in total. The monoisotopic (exact) mass is 283 g/mol. The third-order valence-electron chi connectivity index (χ3n) is 3.97. The van der Waals surface area contributed by atoms with Gasteiger partial charge >= 0.3 is 0 Å². The van der Waals surface area contributed by atoms with E-state index in [-0.39, 0.29) is 17.2 Å². The van der Waals surface area contributed by atoms with Gasteiger partial charge in [-0.05, 0) is 30.4 Å². The maximum atomic E-state index is 13.4. The van der Waals surface area contributed by atoms with Gasteiger partial charge in [0, 0.05) is 6.42 Å². The number of hydrogen-bond donors (Lipinski definition) is 1. The minimum Gasteiger partial charge on any atom is -0.319 e. The van der Waals surface area contributed by atoms with Gasteiger partial charge in [-0.1, -0.05) is 43.5 Å². The Morgan fingerprint density at radius 3 is 3.00 bits per heavy atom. The van der Waals surface area contributed by atoms with E-state index in [4.69, 9.17) is 17.3 Å². The van der Waals surface area contributed by atoms with Crippen LogP contribution in [-0.2, 0) is 11.2 Å². The number of halogens is 2. The van der Waals surface area contributed by atoms with Crippen molar-refractivity contribution in [3.63, 3.8) is 0 Å². The maximum absolute atomic E-state index is 13.4. The molecule has 0 aliphatic heterocycles. The molecular formula is C15H19ClFNO. The van der Waals surface area contributed by atoms with Crippen LogP contribution in [0.5, 0.6) is 0 Å². The second-order valence-corrected chi connectivity index (χ2v) is 6.05. The Balaban J connectivity index is 2.14. The molecule has 1 aliphatic carbocycles. The standard InChI is InChI=1S/C15H19ClFNO/c1-10-4-3-7-15(18,9-10)13(19)8-11-5-2-6-12(17)14(11)16/h2,5-6,10H,3-4,7-9,18H2,1H3. The van der Waals surface area contributed by atoms with Crippen molar-refractivity contribution >= 4 is 17.4 Å². The first kappa shape index (κ1) is 14.5. The summed E-state index contributed by atoms with van der Waals surface area (Å²) in [5.41, 5.74) is 5.99. The van der Waals surface area contributed by atoms with Crippen molar-refractivity contribution in [2.75, 3.05) is 0 Å². The summed E-state index contributed by atoms with van der Waals surface area (Å²) in [4.78, 5) is 12.4. The summed E-state index contributed by atoms with van der Waals surface area (Å²) in [5, 5.41) is 0.0308. The van der Waals surface area contributed by atoms with Crippen LogP contribution in [0.15, 0.2) is 18.2 Å². The van der Waals surface area contributed by atoms with Crippen molar-refractivity contribution in [3.05, 3.63) is 34.6 Å². The van der Waals surface area contributed by atoms with Gasteiger partial charge in [0.25, 0.3) is 0 Å². The molecule has 1 aromatic carbocycles. The largest absolute Gasteiger partial charge is 0.319 e. The van der Waals surface area contributed by atoms with Gasteiger partial charge in [0.2, 0.25) is 0 Å². The highest BCUT2D eigenvalue weighted by atomic mass is 35.5. The summed E-state index contributed by atoms with van der Waals surface area (Å²) < 4.78 is 13.4. The molecule has 2 rings (SSSR count). The molecule has 2 atom stereocenters. The zero-order valence-corrected chi connectivity index (χ0v) is 11.8. The Kier molecular flexibility index (Phi) is 4.26. The summed E-state index contributed by atoms with van der Waals surface area (Å²) >= 11 is 5.88. The highest BCUT2D eigenvalue weighted by molar-refractivity contribution is 6.31. The van der Waals surface area contributed by atoms with E-state index < -0.39 is 11.4 Å². The van der Waals surface area contributed by atoms with Gasteiger partial charge in [0.15, 0.2) is 5.78 Å². The molecule has 0 radical (unpaired) electrons. The zero-order valence-electron chi connectivity index (χ0n) is 11.1. The zero-order chi connectivity index (χ0) is 14.0. The number of Topliss-reactive ketones (excluding diaryl/α,β-unsaturated/α-hetero) is 1. The highest BCUT2D eigenvalue weighted by Crippen LogP contribution is 2.32. The van der Waals surface area contributed by atoms with E-state index in [0.717, 1.165) is 12.8 Å². The maximum Gasteiger partial charge on any atom is 0.157 e. The lowest BCUT2D eigenvalue weighted by molar-refractivity contribution is -0.125. The Morgan fingerprint density at radius 1 is 1.58 bits per heavy atom. The van der Waals surface area contributed by atoms with Crippen LogP contribution in [0.2, 0.25) is 5.02 Å². The molecule has 0 heterocycles. The number of benzene rings is 1. The van der Waals surface area contributed by atoms with Crippen LogP contribution in [-0.4, -0.2) is 11.3 Å². The molecule has 0 amide bonds. The molecule has 1 aliphatic rings. The van der Waals surface area contributed by atoms with Gasteiger partial charge in [-0.3, -0.25) is 4.79 Å². The minimum atomic E-state index is -0.771. The lowest BCUT2D eigenvalue weighted by Crippen LogP contribution is -2.51. The van der Waals surface area contributed by atoms with Crippen molar-refractivity contribution in [2.24, 2.45) is 11.7 Å². The molecule has 2 N–H and O–H groups in total. The van der Waals surface area contributed by atoms with Crippen LogP contribution in [0.1, 0.15) is 38.2 Å². The molecule has 104 valence electrons. The molecule has 0 aromatic heterocycles. The lowest BCUT2D eigenvalue weighted by atomic mass is 9.73. The average Bonchev–Trinajstić information content (AvgIpc) is 2.34. The number of ketones is 1. The van der Waals surface area contributed by atoms with Crippen molar-refractivity contribution in [3.8, 4) is 0 Å². The van der Waals surface area contributed by atoms with Crippen molar-refractivity contribution in [2.45, 2.75) is 44.6 Å². The molecule has 4 heteroatoms. The minimum absolute atomic E-state index is 0.0308. The summed E-state index contributed by atoms with van der Waals surface area (Å²) in [6, 6.07) is 4.53. The molecule has 1 saturated carbocycles. The van der Waals surface area contributed by atoms with Gasteiger partial charge in [0.05, 0.1) is 10.6 Å². The molecule has 0 spiro atoms. The smallest absolute Gasteiger partial charge is 0.157 e. The molecular weight excluding hydrogens is 265 g/mol. The van der Waals surface area contributed by atoms with Crippen LogP contribution in [0.3, 0.4) is 0 Å². The Morgan fingerprint density at radius 2 is 2.32 bits per heavy atom. The van der Waals surface area contributed by atoms with Gasteiger partial charge in [0.1, 0.15) is 5.82 Å². The SMILES string of the molecule is CC1CCCC(N)(C(=O)Cc2cccc(F)c2Cl)C1. The van der Waals surface area contributed by atoms with Crippen LogP contribution >= 0.6 is 11.6 Å². The van der Waals surface area contributed by atoms with Crippen molar-refractivity contribution in [1.29, 1.82) is 0 Å². The molecule has 0 bridgehead atoms. The van der Waals surface area contributed by atoms with Gasteiger partial charge < -0.3 is 5.73 Å². The molecule has 1 aromatic rings. The van der Waals surface area contributed by atoms with E-state index in [1.54, 1.807) is 12.1 Å². The predicted octanol–water partition coefficient (Wildman–Crippen LogP) is 3.50. The number of rotatable bonds is 3. The first-order chi connectivity index (χ1) is 8.92. The second kappa shape index (κ2) is 5.59. The summed E-state index contributed by atoms with van der Waals surface area (Å²) in [7, 11) is 0. The van der Waals surface area contributed by atoms with E-state index in [1.165, 1.54) is 6.07 Å². The summed E-state index contributed by atoms with van der Waals surface area (Å²) in [6.07, 6.45) is 3.62. The number of nitrogens with two attached hydrogens (primary N) is 1. The topological polar surface area (TPSA) is 43.1 Å². The van der Waals surface area contributed by atoms with Gasteiger partial charge in [-0.25, -0.2) is 4.39 Å². The first-order valence-electron chi connectivity index (χ1n) is 6.67. The number of carbonyl (C=O) groups excluding carboxylic acids is 1. The Labute approximate surface area is 118 Å². The predicted molar refractivity (Wildman–Crippen MR) is 74.7 cm³/mol. The quantitative estimate of drug-likeness (QED) is 0.923. The molecule has 0 saturated heterocycles. The third kappa shape index (κ3) is 3.15. The van der Waals surface area contributed by atoms with Crippen molar-refractivity contribution < 1.29 is 9.18 Å². The van der Waals surface area contributed by atoms with E-state index in [1.807, 2.05) is 0 Å². The fourth-order valence-electron chi connectivity index (χ4n) is 2.88. The highest BCUT2D eigenvalue weighted by Gasteiger charge is 2.37. The molecule has 2 unspecified atom stereocenters. The number of hydrogen-bond acceptors (Lipinski definition) is 2. The normalized spacial score (nSPS) is 27.3. The van der Waals surface area contributed by atoms with Crippen LogP contribution < -0.4 is 5.73 Å². The van der Waals surface area contributed by atoms with E-state index >= 15 is 0 Å². The average molecular weight is 284 g/mol. The van der Waals surface area contributed by atoms with Gasteiger partial charge in [-0.15, -0.1) is 0 Å². The van der Waals surface area contributed by atoms with E-state index in [9.17, 15) is 9.18 Å². The van der Waals surface area contributed by atoms with E-state index in [2.05, 4.69) is 6.92 Å². The second-order valence-electron chi connectivity index (χ2n) is 5.67. The Hall–Kier alpha value is -0.930. The summed E-state index contributed by atoms with van der Waals surface area (Å²) in [5.74, 6) is -0.0627. The molecule has 1 fully saturated rings. The fraction of sp³-hybridized carbons (Fsp3) is 0.533. The van der Waals surface area contributed by atoms with Crippen LogP contribution in [0.4, 0.5) is 4.39 Å². The lowest BCUT2D eigenvalue weighted by Gasteiger charge is -2.35. The first-order valence-corrected chi connectivity index (χ1v) is 7.05. The Bertz CT molecular complexity index is 491. The fourth-order valence-corrected chi connectivity index (χ4v) is 3.07. The van der Waals surface area contributed by atoms with Crippen LogP contribution in [0, 0.1) is 11.7 Å². The molecule has 19 heavy (non-hydrogen) atoms. The summed E-state index contributed by atoms with van der Waals surface area (Å²) in [6.45, 7) is 2.11. The van der Waals surface area contributed by atoms with Crippen LogP contribution in [0.25, 0.3) is 0 Å². The van der Waals surface area contributed by atoms with Crippen molar-refractivity contribution in [1.82, 2.24) is 0 Å². The van der Waals surface area contributed by atoms with E-state index in [0.29, 0.717) is 24.3 Å².